The second-order valence-electron chi connectivity index (χ2n) is 3.53. The van der Waals surface area contributed by atoms with Crippen molar-refractivity contribution in [2.75, 3.05) is 0 Å². The lowest BCUT2D eigenvalue weighted by atomic mass is 10.0. The lowest BCUT2D eigenvalue weighted by Crippen LogP contribution is -2.34. The molecular formula is C9H11ClN2O2S2. The number of aromatic nitrogens is 1. The van der Waals surface area contributed by atoms with Gasteiger partial charge in [0.25, 0.3) is 10.0 Å². The maximum Gasteiger partial charge on any atom is 0.251 e. The number of thiazole rings is 1. The molecule has 1 aromatic heterocycles. The SMILES string of the molecule is O=S(=O)(NC1CC=CCC1)c1cnc(Cl)s1. The topological polar surface area (TPSA) is 59.1 Å². The number of allylic oxidation sites excluding steroid dienone is 1. The lowest BCUT2D eigenvalue weighted by Gasteiger charge is -2.18. The van der Waals surface area contributed by atoms with Gasteiger partial charge < -0.3 is 0 Å². The number of nitrogens with zero attached hydrogens (tertiary/aromatic N) is 1. The molecule has 0 bridgehead atoms. The van der Waals surface area contributed by atoms with Crippen LogP contribution in [0, 0.1) is 0 Å². The minimum absolute atomic E-state index is 0.0177. The summed E-state index contributed by atoms with van der Waals surface area (Å²) in [4.78, 5) is 3.73. The third-order valence-corrected chi connectivity index (χ3v) is 5.41. The molecule has 1 unspecified atom stereocenters. The second kappa shape index (κ2) is 4.83. The van der Waals surface area contributed by atoms with Gasteiger partial charge in [-0.2, -0.15) is 0 Å². The van der Waals surface area contributed by atoms with Gasteiger partial charge in [-0.3, -0.25) is 0 Å². The van der Waals surface area contributed by atoms with E-state index in [0.717, 1.165) is 30.6 Å². The molecule has 2 rings (SSSR count). The third kappa shape index (κ3) is 2.82. The molecule has 4 nitrogen and oxygen atoms in total. The average molecular weight is 279 g/mol. The van der Waals surface area contributed by atoms with Gasteiger partial charge in [-0.1, -0.05) is 35.1 Å². The molecule has 1 aliphatic carbocycles. The van der Waals surface area contributed by atoms with E-state index in [9.17, 15) is 8.42 Å². The Kier molecular flexibility index (Phi) is 3.63. The molecule has 0 fully saturated rings. The van der Waals surface area contributed by atoms with Gasteiger partial charge in [-0.15, -0.1) is 0 Å². The van der Waals surface area contributed by atoms with Crippen LogP contribution in [0.5, 0.6) is 0 Å². The Morgan fingerprint density at radius 1 is 1.50 bits per heavy atom. The van der Waals surface area contributed by atoms with Gasteiger partial charge in [0.1, 0.15) is 0 Å². The number of sulfonamides is 1. The van der Waals surface area contributed by atoms with Crippen molar-refractivity contribution in [2.24, 2.45) is 0 Å². The van der Waals surface area contributed by atoms with Crippen molar-refractivity contribution in [1.82, 2.24) is 9.71 Å². The maximum atomic E-state index is 11.9. The number of hydrogen-bond acceptors (Lipinski definition) is 4. The summed E-state index contributed by atoms with van der Waals surface area (Å²) in [5.41, 5.74) is 0. The third-order valence-electron chi connectivity index (χ3n) is 2.31. The molecule has 0 aliphatic heterocycles. The van der Waals surface area contributed by atoms with Gasteiger partial charge in [0.15, 0.2) is 8.68 Å². The zero-order chi connectivity index (χ0) is 11.6. The molecule has 0 radical (unpaired) electrons. The zero-order valence-electron chi connectivity index (χ0n) is 8.39. The molecule has 7 heteroatoms. The van der Waals surface area contributed by atoms with Crippen LogP contribution in [0.3, 0.4) is 0 Å². The van der Waals surface area contributed by atoms with E-state index in [1.54, 1.807) is 0 Å². The average Bonchev–Trinajstić information content (AvgIpc) is 2.66. The van der Waals surface area contributed by atoms with Gasteiger partial charge in [-0.25, -0.2) is 18.1 Å². The maximum absolute atomic E-state index is 11.9. The Morgan fingerprint density at radius 3 is 2.88 bits per heavy atom. The highest BCUT2D eigenvalue weighted by Gasteiger charge is 2.22. The molecule has 1 atom stereocenters. The van der Waals surface area contributed by atoms with Gasteiger partial charge in [-0.05, 0) is 19.3 Å². The molecule has 1 aromatic rings. The van der Waals surface area contributed by atoms with Crippen LogP contribution in [0.1, 0.15) is 19.3 Å². The fourth-order valence-electron chi connectivity index (χ4n) is 1.54. The monoisotopic (exact) mass is 278 g/mol. The van der Waals surface area contributed by atoms with Crippen LogP contribution in [-0.4, -0.2) is 19.4 Å². The Labute approximate surface area is 103 Å². The van der Waals surface area contributed by atoms with Crippen LogP contribution < -0.4 is 4.72 Å². The minimum Gasteiger partial charge on any atom is -0.232 e. The van der Waals surface area contributed by atoms with E-state index in [1.807, 2.05) is 6.08 Å². The molecule has 1 N–H and O–H groups in total. The molecule has 0 saturated carbocycles. The quantitative estimate of drug-likeness (QED) is 0.862. The standard InChI is InChI=1S/C9H11ClN2O2S2/c10-9-11-6-8(15-9)16(13,14)12-7-4-2-1-3-5-7/h1-2,6-7,12H,3-5H2. The fourth-order valence-corrected chi connectivity index (χ4v) is 4.13. The van der Waals surface area contributed by atoms with E-state index >= 15 is 0 Å². The first-order valence-electron chi connectivity index (χ1n) is 4.86. The van der Waals surface area contributed by atoms with E-state index in [-0.39, 0.29) is 14.7 Å². The van der Waals surface area contributed by atoms with Crippen molar-refractivity contribution in [3.8, 4) is 0 Å². The molecule has 0 aromatic carbocycles. The highest BCUT2D eigenvalue weighted by atomic mass is 35.5. The summed E-state index contributed by atoms with van der Waals surface area (Å²) < 4.78 is 26.9. The van der Waals surface area contributed by atoms with Crippen LogP contribution in [0.4, 0.5) is 0 Å². The minimum atomic E-state index is -3.45. The molecular weight excluding hydrogens is 268 g/mol. The largest absolute Gasteiger partial charge is 0.251 e. The van der Waals surface area contributed by atoms with Crippen LogP contribution >= 0.6 is 22.9 Å². The predicted octanol–water partition coefficient (Wildman–Crippen LogP) is 2.18. The Bertz CT molecular complexity index is 495. The van der Waals surface area contributed by atoms with Gasteiger partial charge >= 0.3 is 0 Å². The Morgan fingerprint density at radius 2 is 2.31 bits per heavy atom. The summed E-state index contributed by atoms with van der Waals surface area (Å²) in [6.45, 7) is 0. The summed E-state index contributed by atoms with van der Waals surface area (Å²) in [7, 11) is -3.45. The molecule has 16 heavy (non-hydrogen) atoms. The number of rotatable bonds is 3. The Hall–Kier alpha value is -0.430. The zero-order valence-corrected chi connectivity index (χ0v) is 10.8. The van der Waals surface area contributed by atoms with Gasteiger partial charge in [0.2, 0.25) is 0 Å². The summed E-state index contributed by atoms with van der Waals surface area (Å²) in [6, 6.07) is -0.0177. The van der Waals surface area contributed by atoms with E-state index < -0.39 is 10.0 Å². The van der Waals surface area contributed by atoms with E-state index in [0.29, 0.717) is 0 Å². The summed E-state index contributed by atoms with van der Waals surface area (Å²) in [5, 5.41) is 0. The molecule has 0 saturated heterocycles. The van der Waals surface area contributed by atoms with Crippen molar-refractivity contribution < 1.29 is 8.42 Å². The number of nitrogens with one attached hydrogen (secondary N) is 1. The van der Waals surface area contributed by atoms with Gasteiger partial charge in [0, 0.05) is 6.04 Å². The summed E-state index contributed by atoms with van der Waals surface area (Å²) in [5.74, 6) is 0. The highest BCUT2D eigenvalue weighted by molar-refractivity contribution is 7.91. The van der Waals surface area contributed by atoms with E-state index in [2.05, 4.69) is 15.8 Å². The first-order valence-corrected chi connectivity index (χ1v) is 7.54. The van der Waals surface area contributed by atoms with Crippen LogP contribution in [0.2, 0.25) is 4.47 Å². The van der Waals surface area contributed by atoms with Crippen molar-refractivity contribution in [1.29, 1.82) is 0 Å². The number of hydrogen-bond donors (Lipinski definition) is 1. The Balaban J connectivity index is 2.11. The van der Waals surface area contributed by atoms with Crippen molar-refractivity contribution >= 4 is 33.0 Å². The van der Waals surface area contributed by atoms with Crippen LogP contribution in [0.15, 0.2) is 22.6 Å². The fraction of sp³-hybridized carbons (Fsp3) is 0.444. The second-order valence-corrected chi connectivity index (χ2v) is 7.09. The van der Waals surface area contributed by atoms with Crippen molar-refractivity contribution in [2.45, 2.75) is 29.5 Å². The first-order chi connectivity index (χ1) is 7.58. The summed E-state index contributed by atoms with van der Waals surface area (Å²) in [6.07, 6.45) is 7.84. The predicted molar refractivity (Wildman–Crippen MR) is 64.2 cm³/mol. The van der Waals surface area contributed by atoms with Crippen LogP contribution in [0.25, 0.3) is 0 Å². The van der Waals surface area contributed by atoms with Gasteiger partial charge in [0.05, 0.1) is 6.20 Å². The number of halogens is 1. The normalized spacial score (nSPS) is 21.2. The molecule has 0 spiro atoms. The highest BCUT2D eigenvalue weighted by Crippen LogP contribution is 2.23. The van der Waals surface area contributed by atoms with Crippen molar-refractivity contribution in [3.05, 3.63) is 22.8 Å². The summed E-state index contributed by atoms with van der Waals surface area (Å²) >= 11 is 6.58. The molecule has 1 heterocycles. The van der Waals surface area contributed by atoms with E-state index in [1.165, 1.54) is 6.20 Å². The van der Waals surface area contributed by atoms with Crippen LogP contribution in [-0.2, 0) is 10.0 Å². The lowest BCUT2D eigenvalue weighted by molar-refractivity contribution is 0.523. The van der Waals surface area contributed by atoms with E-state index in [4.69, 9.17) is 11.6 Å². The molecule has 1 aliphatic rings. The first kappa shape index (κ1) is 12.0. The van der Waals surface area contributed by atoms with Crippen molar-refractivity contribution in [3.63, 3.8) is 0 Å². The smallest absolute Gasteiger partial charge is 0.232 e. The molecule has 0 amide bonds. The molecule has 88 valence electrons.